The molecule has 0 amide bonds. The predicted molar refractivity (Wildman–Crippen MR) is 61.4 cm³/mol. The number of nitrogens with two attached hydrogens (primary N) is 1. The van der Waals surface area contributed by atoms with Gasteiger partial charge in [-0.25, -0.2) is 4.39 Å². The zero-order valence-electron chi connectivity index (χ0n) is 8.34. The molecule has 0 saturated heterocycles. The summed E-state index contributed by atoms with van der Waals surface area (Å²) >= 11 is 5.92. The molecule has 15 heavy (non-hydrogen) atoms. The third-order valence-corrected chi connectivity index (χ3v) is 2.41. The van der Waals surface area contributed by atoms with E-state index in [1.807, 2.05) is 0 Å². The van der Waals surface area contributed by atoms with Gasteiger partial charge in [0.05, 0.1) is 0 Å². The van der Waals surface area contributed by atoms with Crippen LogP contribution in [-0.4, -0.2) is 13.1 Å². The lowest BCUT2D eigenvalue weighted by molar-refractivity contribution is 0.573. The summed E-state index contributed by atoms with van der Waals surface area (Å²) < 4.78 is 12.8. The third-order valence-electron chi connectivity index (χ3n) is 2.08. The van der Waals surface area contributed by atoms with Crippen LogP contribution >= 0.6 is 11.6 Å². The number of halogens is 2. The van der Waals surface area contributed by atoms with E-state index in [1.165, 1.54) is 12.1 Å². The Kier molecular flexibility index (Phi) is 4.75. The molecule has 82 valence electrons. The Balaban J connectivity index is 2.86. The maximum Gasteiger partial charge on any atom is 0.124 e. The Morgan fingerprint density at radius 3 is 2.87 bits per heavy atom. The van der Waals surface area contributed by atoms with Crippen LogP contribution in [0.1, 0.15) is 11.6 Å². The van der Waals surface area contributed by atoms with Crippen molar-refractivity contribution in [1.82, 2.24) is 5.32 Å². The minimum atomic E-state index is -0.344. The van der Waals surface area contributed by atoms with Crippen molar-refractivity contribution in [3.05, 3.63) is 47.3 Å². The quantitative estimate of drug-likeness (QED) is 0.759. The average Bonchev–Trinajstić information content (AvgIpc) is 2.21. The fourth-order valence-electron chi connectivity index (χ4n) is 1.33. The Morgan fingerprint density at radius 1 is 1.60 bits per heavy atom. The minimum Gasteiger partial charge on any atom is -0.329 e. The Morgan fingerprint density at radius 2 is 2.33 bits per heavy atom. The monoisotopic (exact) mass is 228 g/mol. The molecule has 1 rings (SSSR count). The standard InChI is InChI=1S/C11H14ClFN2/c1-2-5-15-11(7-14)9-4-3-8(13)6-10(9)12/h2-4,6,11,15H,1,5,7,14H2. The van der Waals surface area contributed by atoms with E-state index in [-0.39, 0.29) is 11.9 Å². The Bertz CT molecular complexity index is 341. The highest BCUT2D eigenvalue weighted by atomic mass is 35.5. The van der Waals surface area contributed by atoms with Gasteiger partial charge in [-0.3, -0.25) is 0 Å². The number of hydrogen-bond acceptors (Lipinski definition) is 2. The average molecular weight is 229 g/mol. The minimum absolute atomic E-state index is 0.0731. The van der Waals surface area contributed by atoms with Gasteiger partial charge in [0.1, 0.15) is 5.82 Å². The predicted octanol–water partition coefficient (Wildman–Crippen LogP) is 2.25. The van der Waals surface area contributed by atoms with Crippen molar-refractivity contribution >= 4 is 11.6 Å². The molecule has 3 N–H and O–H groups in total. The largest absolute Gasteiger partial charge is 0.329 e. The molecule has 1 aromatic carbocycles. The van der Waals surface area contributed by atoms with Gasteiger partial charge in [0.2, 0.25) is 0 Å². The molecule has 4 heteroatoms. The molecule has 0 saturated carbocycles. The van der Waals surface area contributed by atoms with Gasteiger partial charge in [0, 0.05) is 24.2 Å². The van der Waals surface area contributed by atoms with E-state index < -0.39 is 0 Å². The Labute approximate surface area is 93.9 Å². The zero-order chi connectivity index (χ0) is 11.3. The molecule has 1 atom stereocenters. The number of hydrogen-bond donors (Lipinski definition) is 2. The summed E-state index contributed by atoms with van der Waals surface area (Å²) in [6, 6.07) is 4.23. The van der Waals surface area contributed by atoms with Crippen LogP contribution in [0.2, 0.25) is 5.02 Å². The molecular formula is C11H14ClFN2. The fraction of sp³-hybridized carbons (Fsp3) is 0.273. The van der Waals surface area contributed by atoms with Crippen molar-refractivity contribution < 1.29 is 4.39 Å². The van der Waals surface area contributed by atoms with E-state index in [0.29, 0.717) is 18.1 Å². The van der Waals surface area contributed by atoms with Crippen molar-refractivity contribution in [3.8, 4) is 0 Å². The summed E-state index contributed by atoms with van der Waals surface area (Å²) in [7, 11) is 0. The first-order chi connectivity index (χ1) is 7.19. The molecule has 0 spiro atoms. The van der Waals surface area contributed by atoms with Gasteiger partial charge in [-0.15, -0.1) is 6.58 Å². The molecule has 0 aromatic heterocycles. The summed E-state index contributed by atoms with van der Waals surface area (Å²) in [6.45, 7) is 4.64. The van der Waals surface area contributed by atoms with E-state index in [0.717, 1.165) is 5.56 Å². The van der Waals surface area contributed by atoms with Gasteiger partial charge in [-0.1, -0.05) is 23.7 Å². The van der Waals surface area contributed by atoms with Gasteiger partial charge < -0.3 is 11.1 Å². The summed E-state index contributed by atoms with van der Waals surface area (Å²) in [5.74, 6) is -0.344. The number of benzene rings is 1. The third kappa shape index (κ3) is 3.30. The molecule has 2 nitrogen and oxygen atoms in total. The maximum atomic E-state index is 12.8. The summed E-state index contributed by atoms with van der Waals surface area (Å²) in [5.41, 5.74) is 6.41. The van der Waals surface area contributed by atoms with Crippen LogP contribution in [-0.2, 0) is 0 Å². The van der Waals surface area contributed by atoms with Crippen LogP contribution < -0.4 is 11.1 Å². The van der Waals surface area contributed by atoms with Crippen LogP contribution in [0, 0.1) is 5.82 Å². The maximum absolute atomic E-state index is 12.8. The molecule has 0 aliphatic rings. The van der Waals surface area contributed by atoms with Crippen molar-refractivity contribution in [2.75, 3.05) is 13.1 Å². The van der Waals surface area contributed by atoms with Crippen molar-refractivity contribution in [2.24, 2.45) is 5.73 Å². The van der Waals surface area contributed by atoms with E-state index in [4.69, 9.17) is 17.3 Å². The van der Waals surface area contributed by atoms with Crippen molar-refractivity contribution in [3.63, 3.8) is 0 Å². The van der Waals surface area contributed by atoms with Crippen LogP contribution in [0.5, 0.6) is 0 Å². The summed E-state index contributed by atoms with van der Waals surface area (Å²) in [5, 5.41) is 3.54. The lowest BCUT2D eigenvalue weighted by Gasteiger charge is -2.17. The lowest BCUT2D eigenvalue weighted by atomic mass is 10.1. The fourth-order valence-corrected chi connectivity index (χ4v) is 1.63. The zero-order valence-corrected chi connectivity index (χ0v) is 9.10. The SMILES string of the molecule is C=CCNC(CN)c1ccc(F)cc1Cl. The molecule has 0 heterocycles. The van der Waals surface area contributed by atoms with Gasteiger partial charge in [0.15, 0.2) is 0 Å². The number of rotatable bonds is 5. The normalized spacial score (nSPS) is 12.5. The van der Waals surface area contributed by atoms with Gasteiger partial charge in [-0.05, 0) is 17.7 Å². The van der Waals surface area contributed by atoms with Crippen LogP contribution in [0.4, 0.5) is 4.39 Å². The van der Waals surface area contributed by atoms with E-state index in [1.54, 1.807) is 12.1 Å². The first-order valence-electron chi connectivity index (χ1n) is 4.68. The second-order valence-corrected chi connectivity index (χ2v) is 3.56. The van der Waals surface area contributed by atoms with E-state index in [9.17, 15) is 4.39 Å². The second-order valence-electron chi connectivity index (χ2n) is 3.15. The molecule has 0 fully saturated rings. The van der Waals surface area contributed by atoms with Gasteiger partial charge >= 0.3 is 0 Å². The second kappa shape index (κ2) is 5.85. The molecule has 0 radical (unpaired) electrons. The summed E-state index contributed by atoms with van der Waals surface area (Å²) in [6.07, 6.45) is 1.74. The molecular weight excluding hydrogens is 215 g/mol. The van der Waals surface area contributed by atoms with Gasteiger partial charge in [-0.2, -0.15) is 0 Å². The molecule has 0 bridgehead atoms. The van der Waals surface area contributed by atoms with Crippen molar-refractivity contribution in [2.45, 2.75) is 6.04 Å². The number of nitrogens with one attached hydrogen (secondary N) is 1. The molecule has 0 aliphatic carbocycles. The van der Waals surface area contributed by atoms with Crippen LogP contribution in [0.25, 0.3) is 0 Å². The van der Waals surface area contributed by atoms with Crippen molar-refractivity contribution in [1.29, 1.82) is 0 Å². The molecule has 1 aromatic rings. The van der Waals surface area contributed by atoms with Crippen LogP contribution in [0.15, 0.2) is 30.9 Å². The Hall–Kier alpha value is -0.900. The topological polar surface area (TPSA) is 38.0 Å². The van der Waals surface area contributed by atoms with E-state index in [2.05, 4.69) is 11.9 Å². The highest BCUT2D eigenvalue weighted by Gasteiger charge is 2.12. The molecule has 1 unspecified atom stereocenters. The summed E-state index contributed by atoms with van der Waals surface area (Å²) in [4.78, 5) is 0. The lowest BCUT2D eigenvalue weighted by Crippen LogP contribution is -2.28. The first kappa shape index (κ1) is 12.2. The van der Waals surface area contributed by atoms with E-state index >= 15 is 0 Å². The molecule has 0 aliphatic heterocycles. The van der Waals surface area contributed by atoms with Crippen LogP contribution in [0.3, 0.4) is 0 Å². The highest BCUT2D eigenvalue weighted by Crippen LogP contribution is 2.23. The van der Waals surface area contributed by atoms with Gasteiger partial charge in [0.25, 0.3) is 0 Å². The smallest absolute Gasteiger partial charge is 0.124 e. The first-order valence-corrected chi connectivity index (χ1v) is 5.06. The highest BCUT2D eigenvalue weighted by molar-refractivity contribution is 6.31.